The van der Waals surface area contributed by atoms with Crippen LogP contribution in [-0.2, 0) is 0 Å². The summed E-state index contributed by atoms with van der Waals surface area (Å²) in [6.45, 7) is 7.44. The molecule has 3 saturated carbocycles. The SMILES string of the molecule is CCCCC(C)(CCCC)S(C)(C)C1CC2CCC23CCC13. The van der Waals surface area contributed by atoms with Crippen LogP contribution in [0.15, 0.2) is 0 Å². The highest BCUT2D eigenvalue weighted by atomic mass is 32.3. The number of unbranched alkanes of at least 4 members (excludes halogenated alkanes) is 2. The molecule has 1 spiro atoms. The van der Waals surface area contributed by atoms with Crippen molar-refractivity contribution < 1.29 is 0 Å². The third-order valence-electron chi connectivity index (χ3n) is 8.54. The van der Waals surface area contributed by atoms with Gasteiger partial charge in [0, 0.05) is 0 Å². The van der Waals surface area contributed by atoms with Gasteiger partial charge in [0.25, 0.3) is 0 Å². The van der Waals surface area contributed by atoms with Gasteiger partial charge in [0.2, 0.25) is 0 Å². The Morgan fingerprint density at radius 3 is 1.95 bits per heavy atom. The molecule has 0 N–H and O–H groups in total. The number of rotatable bonds is 8. The fourth-order valence-electron chi connectivity index (χ4n) is 6.34. The van der Waals surface area contributed by atoms with Gasteiger partial charge in [-0.25, -0.2) is 10.0 Å². The first-order chi connectivity index (χ1) is 10.4. The van der Waals surface area contributed by atoms with E-state index >= 15 is 0 Å². The number of hydrogen-bond donors (Lipinski definition) is 0. The maximum Gasteiger partial charge on any atom is -0.00281 e. The van der Waals surface area contributed by atoms with E-state index in [1.54, 1.807) is 32.1 Å². The van der Waals surface area contributed by atoms with Gasteiger partial charge in [-0.2, -0.15) is 0 Å². The molecule has 0 heterocycles. The van der Waals surface area contributed by atoms with Crippen molar-refractivity contribution in [3.05, 3.63) is 0 Å². The van der Waals surface area contributed by atoms with E-state index in [9.17, 15) is 0 Å². The van der Waals surface area contributed by atoms with Crippen LogP contribution in [0.3, 0.4) is 0 Å². The zero-order valence-corrected chi connectivity index (χ0v) is 16.7. The van der Waals surface area contributed by atoms with E-state index in [2.05, 4.69) is 33.3 Å². The zero-order valence-electron chi connectivity index (χ0n) is 15.9. The molecular weight excluding hydrogens is 284 g/mol. The Kier molecular flexibility index (Phi) is 4.70. The third-order valence-corrected chi connectivity index (χ3v) is 13.5. The smallest absolute Gasteiger partial charge is 0.00281 e. The largest absolute Gasteiger partial charge is 0.238 e. The van der Waals surface area contributed by atoms with Crippen molar-refractivity contribution in [1.82, 2.24) is 0 Å². The van der Waals surface area contributed by atoms with Crippen LogP contribution < -0.4 is 0 Å². The lowest BCUT2D eigenvalue weighted by atomic mass is 9.49. The Labute approximate surface area is 141 Å². The molecule has 130 valence electrons. The van der Waals surface area contributed by atoms with Crippen molar-refractivity contribution in [1.29, 1.82) is 0 Å². The lowest BCUT2D eigenvalue weighted by molar-refractivity contribution is -0.0627. The van der Waals surface area contributed by atoms with Crippen LogP contribution in [0.1, 0.15) is 91.4 Å². The van der Waals surface area contributed by atoms with Crippen LogP contribution in [0.4, 0.5) is 0 Å². The van der Waals surface area contributed by atoms with Crippen LogP contribution in [0.25, 0.3) is 0 Å². The Bertz CT molecular complexity index is 387. The molecule has 3 fully saturated rings. The van der Waals surface area contributed by atoms with Gasteiger partial charge in [0.15, 0.2) is 0 Å². The van der Waals surface area contributed by atoms with Gasteiger partial charge >= 0.3 is 0 Å². The lowest BCUT2D eigenvalue weighted by Crippen LogP contribution is -2.50. The molecule has 4 atom stereocenters. The molecule has 0 aromatic heterocycles. The number of hydrogen-bond acceptors (Lipinski definition) is 0. The van der Waals surface area contributed by atoms with Crippen molar-refractivity contribution in [2.45, 2.75) is 101 Å². The van der Waals surface area contributed by atoms with Gasteiger partial charge in [0.1, 0.15) is 0 Å². The van der Waals surface area contributed by atoms with E-state index in [4.69, 9.17) is 0 Å². The normalized spacial score (nSPS) is 38.0. The Morgan fingerprint density at radius 1 is 1.00 bits per heavy atom. The minimum absolute atomic E-state index is 0.507. The highest BCUT2D eigenvalue weighted by Gasteiger charge is 2.66. The van der Waals surface area contributed by atoms with Crippen LogP contribution in [-0.4, -0.2) is 22.5 Å². The van der Waals surface area contributed by atoms with Crippen LogP contribution in [0.5, 0.6) is 0 Å². The Morgan fingerprint density at radius 2 is 1.59 bits per heavy atom. The van der Waals surface area contributed by atoms with Crippen molar-refractivity contribution in [3.8, 4) is 0 Å². The summed E-state index contributed by atoms with van der Waals surface area (Å²) in [6, 6.07) is 0. The summed E-state index contributed by atoms with van der Waals surface area (Å²) < 4.78 is 0.643. The molecular formula is C21H40S. The van der Waals surface area contributed by atoms with Crippen molar-refractivity contribution >= 4 is 10.0 Å². The van der Waals surface area contributed by atoms with Crippen molar-refractivity contribution in [2.24, 2.45) is 17.3 Å². The lowest BCUT2D eigenvalue weighted by Gasteiger charge is -2.61. The second-order valence-corrected chi connectivity index (χ2v) is 13.9. The molecule has 0 aromatic carbocycles. The predicted octanol–water partition coefficient (Wildman–Crippen LogP) is 6.77. The monoisotopic (exact) mass is 324 g/mol. The predicted molar refractivity (Wildman–Crippen MR) is 103 cm³/mol. The summed E-state index contributed by atoms with van der Waals surface area (Å²) in [5.41, 5.74) is 0.880. The highest BCUT2D eigenvalue weighted by molar-refractivity contribution is 8.34. The summed E-state index contributed by atoms with van der Waals surface area (Å²) in [4.78, 5) is 0. The molecule has 0 radical (unpaired) electrons. The Hall–Kier alpha value is 0.350. The van der Waals surface area contributed by atoms with Crippen molar-refractivity contribution in [2.75, 3.05) is 12.5 Å². The third kappa shape index (κ3) is 2.32. The van der Waals surface area contributed by atoms with Crippen LogP contribution in [0.2, 0.25) is 0 Å². The van der Waals surface area contributed by atoms with Crippen molar-refractivity contribution in [3.63, 3.8) is 0 Å². The topological polar surface area (TPSA) is 0 Å². The summed E-state index contributed by atoms with van der Waals surface area (Å²) in [5.74, 6) is 2.28. The van der Waals surface area contributed by atoms with Gasteiger partial charge in [-0.3, -0.25) is 0 Å². The van der Waals surface area contributed by atoms with E-state index in [-0.39, 0.29) is 0 Å². The average molecular weight is 325 g/mol. The molecule has 3 aliphatic carbocycles. The maximum atomic E-state index is 2.75. The standard InChI is InChI=1S/C21H40S/c1-6-8-12-20(3,13-9-7-2)22(4,5)19-16-17-10-14-21(17)15-11-18(19)21/h17-19H,6-16H2,1-5H3. The highest BCUT2D eigenvalue weighted by Crippen LogP contribution is 2.78. The summed E-state index contributed by atoms with van der Waals surface area (Å²) >= 11 is 0. The quantitative estimate of drug-likeness (QED) is 0.462. The van der Waals surface area contributed by atoms with E-state index in [0.29, 0.717) is 4.75 Å². The molecule has 3 aliphatic rings. The fraction of sp³-hybridized carbons (Fsp3) is 1.00. The van der Waals surface area contributed by atoms with Gasteiger partial charge in [-0.15, -0.1) is 0 Å². The van der Waals surface area contributed by atoms with Crippen LogP contribution in [0, 0.1) is 17.3 Å². The second kappa shape index (κ2) is 6.01. The van der Waals surface area contributed by atoms with Gasteiger partial charge in [-0.1, -0.05) is 46.5 Å². The first-order valence-corrected chi connectivity index (χ1v) is 12.6. The molecule has 1 heteroatoms. The van der Waals surface area contributed by atoms with Gasteiger partial charge in [0.05, 0.1) is 0 Å². The molecule has 4 unspecified atom stereocenters. The molecule has 3 rings (SSSR count). The fourth-order valence-corrected chi connectivity index (χ4v) is 10.4. The van der Waals surface area contributed by atoms with Crippen LogP contribution >= 0.6 is 10.0 Å². The molecule has 0 aromatic rings. The summed E-state index contributed by atoms with van der Waals surface area (Å²) in [5, 5.41) is 1.10. The van der Waals surface area contributed by atoms with Gasteiger partial charge < -0.3 is 0 Å². The minimum Gasteiger partial charge on any atom is -0.238 e. The minimum atomic E-state index is -0.507. The zero-order chi connectivity index (χ0) is 16.0. The average Bonchev–Trinajstić information content (AvgIpc) is 2.58. The maximum absolute atomic E-state index is 2.75. The second-order valence-electron chi connectivity index (χ2n) is 9.45. The molecule has 22 heavy (non-hydrogen) atoms. The first kappa shape index (κ1) is 17.2. The first-order valence-electron chi connectivity index (χ1n) is 10.1. The van der Waals surface area contributed by atoms with E-state index < -0.39 is 10.0 Å². The van der Waals surface area contributed by atoms with E-state index in [1.807, 2.05) is 0 Å². The molecule has 0 amide bonds. The molecule has 0 nitrogen and oxygen atoms in total. The summed E-state index contributed by atoms with van der Waals surface area (Å²) in [6.07, 6.45) is 22.1. The van der Waals surface area contributed by atoms with E-state index in [1.165, 1.54) is 38.5 Å². The summed E-state index contributed by atoms with van der Waals surface area (Å²) in [7, 11) is -0.507. The van der Waals surface area contributed by atoms with E-state index in [0.717, 1.165) is 22.5 Å². The molecule has 0 saturated heterocycles. The van der Waals surface area contributed by atoms with Gasteiger partial charge in [-0.05, 0) is 84.7 Å². The Balaban J connectivity index is 1.79. The molecule has 0 bridgehead atoms. The molecule has 0 aliphatic heterocycles.